The highest BCUT2D eigenvalue weighted by Gasteiger charge is 2.54. The van der Waals surface area contributed by atoms with E-state index in [1.54, 1.807) is 4.90 Å². The van der Waals surface area contributed by atoms with E-state index in [4.69, 9.17) is 15.2 Å². The average Bonchev–Trinajstić information content (AvgIpc) is 3.08. The van der Waals surface area contributed by atoms with E-state index in [9.17, 15) is 9.59 Å². The second-order valence-corrected chi connectivity index (χ2v) is 7.79. The maximum Gasteiger partial charge on any atom is 0.410 e. The van der Waals surface area contributed by atoms with E-state index in [1.807, 2.05) is 27.7 Å². The van der Waals surface area contributed by atoms with Crippen molar-refractivity contribution in [2.45, 2.75) is 58.7 Å². The first-order chi connectivity index (χ1) is 10.1. The van der Waals surface area contributed by atoms with Crippen LogP contribution in [0.5, 0.6) is 0 Å². The van der Waals surface area contributed by atoms with Gasteiger partial charge in [-0.05, 0) is 40.0 Å². The number of piperidine rings is 1. The molecular weight excluding hydrogens is 284 g/mol. The quantitative estimate of drug-likeness (QED) is 0.859. The first-order valence-electron chi connectivity index (χ1n) is 7.99. The number of rotatable bonds is 4. The van der Waals surface area contributed by atoms with E-state index in [-0.39, 0.29) is 29.4 Å². The van der Waals surface area contributed by atoms with Gasteiger partial charge in [0.15, 0.2) is 0 Å². The van der Waals surface area contributed by atoms with Crippen LogP contribution >= 0.6 is 0 Å². The first kappa shape index (κ1) is 17.1. The van der Waals surface area contributed by atoms with Crippen molar-refractivity contribution in [3.05, 3.63) is 0 Å². The van der Waals surface area contributed by atoms with Crippen LogP contribution in [-0.4, -0.2) is 48.3 Å². The summed E-state index contributed by atoms with van der Waals surface area (Å²) in [7, 11) is 0. The number of amides is 2. The largest absolute Gasteiger partial charge is 0.444 e. The highest BCUT2D eigenvalue weighted by molar-refractivity contribution is 5.80. The van der Waals surface area contributed by atoms with Crippen LogP contribution < -0.4 is 5.73 Å². The fourth-order valence-electron chi connectivity index (χ4n) is 2.85. The number of carbonyl (C=O) groups excluding carboxylic acids is 2. The minimum Gasteiger partial charge on any atom is -0.444 e. The minimum atomic E-state index is -0.464. The number of primary amides is 1. The van der Waals surface area contributed by atoms with Crippen LogP contribution in [0.15, 0.2) is 0 Å². The van der Waals surface area contributed by atoms with Crippen molar-refractivity contribution in [3.8, 4) is 0 Å². The average molecular weight is 312 g/mol. The molecule has 1 saturated heterocycles. The van der Waals surface area contributed by atoms with Gasteiger partial charge in [-0.1, -0.05) is 6.92 Å². The van der Waals surface area contributed by atoms with Gasteiger partial charge in [0.25, 0.3) is 0 Å². The predicted octanol–water partition coefficient (Wildman–Crippen LogP) is 1.91. The Morgan fingerprint density at radius 2 is 1.86 bits per heavy atom. The maximum atomic E-state index is 12.0. The second-order valence-electron chi connectivity index (χ2n) is 7.79. The van der Waals surface area contributed by atoms with Crippen LogP contribution in [0.4, 0.5) is 4.79 Å². The lowest BCUT2D eigenvalue weighted by Crippen LogP contribution is -2.43. The molecule has 1 heterocycles. The summed E-state index contributed by atoms with van der Waals surface area (Å²) in [5.74, 6) is -0.278. The maximum absolute atomic E-state index is 12.0. The Morgan fingerprint density at radius 1 is 1.27 bits per heavy atom. The molecule has 0 aromatic heterocycles. The van der Waals surface area contributed by atoms with Gasteiger partial charge in [0.1, 0.15) is 5.60 Å². The summed E-state index contributed by atoms with van der Waals surface area (Å²) in [6.45, 7) is 9.51. The van der Waals surface area contributed by atoms with Crippen molar-refractivity contribution in [2.24, 2.45) is 17.1 Å². The van der Waals surface area contributed by atoms with Gasteiger partial charge < -0.3 is 20.1 Å². The molecule has 0 radical (unpaired) electrons. The van der Waals surface area contributed by atoms with Gasteiger partial charge >= 0.3 is 6.09 Å². The van der Waals surface area contributed by atoms with E-state index in [0.717, 1.165) is 19.3 Å². The van der Waals surface area contributed by atoms with Crippen LogP contribution in [-0.2, 0) is 14.3 Å². The van der Waals surface area contributed by atoms with Gasteiger partial charge in [-0.25, -0.2) is 4.79 Å². The van der Waals surface area contributed by atoms with E-state index in [1.165, 1.54) is 0 Å². The molecule has 2 atom stereocenters. The molecule has 2 unspecified atom stereocenters. The number of hydrogen-bond donors (Lipinski definition) is 1. The standard InChI is InChI=1S/C16H28N2O4/c1-15(2,3)22-14(20)18-7-5-11(6-8-18)21-10-16(4)9-12(16)13(17)19/h11-12H,5-10H2,1-4H3,(H2,17,19). The lowest BCUT2D eigenvalue weighted by Gasteiger charge is -2.33. The van der Waals surface area contributed by atoms with Crippen LogP contribution in [0.25, 0.3) is 0 Å². The van der Waals surface area contributed by atoms with Crippen molar-refractivity contribution in [2.75, 3.05) is 19.7 Å². The molecule has 0 aromatic rings. The van der Waals surface area contributed by atoms with Crippen LogP contribution in [0.1, 0.15) is 47.0 Å². The summed E-state index contributed by atoms with van der Waals surface area (Å²) in [5, 5.41) is 0. The molecule has 0 aromatic carbocycles. The Bertz CT molecular complexity index is 438. The summed E-state index contributed by atoms with van der Waals surface area (Å²) in [4.78, 5) is 24.9. The molecule has 1 aliphatic heterocycles. The van der Waals surface area contributed by atoms with Gasteiger partial charge in [0, 0.05) is 24.4 Å². The molecule has 2 amide bonds. The number of nitrogens with two attached hydrogens (primary N) is 1. The third kappa shape index (κ3) is 4.35. The van der Waals surface area contributed by atoms with Crippen molar-refractivity contribution in [1.82, 2.24) is 4.90 Å². The number of hydrogen-bond acceptors (Lipinski definition) is 4. The van der Waals surface area contributed by atoms with Gasteiger partial charge in [0.2, 0.25) is 5.91 Å². The Balaban J connectivity index is 1.70. The number of likely N-dealkylation sites (tertiary alicyclic amines) is 1. The van der Waals surface area contributed by atoms with Gasteiger partial charge in [-0.3, -0.25) is 4.79 Å². The lowest BCUT2D eigenvalue weighted by atomic mass is 10.1. The molecule has 2 N–H and O–H groups in total. The Kier molecular flexibility index (Phi) is 4.70. The minimum absolute atomic E-state index is 0.0469. The molecule has 1 saturated carbocycles. The molecule has 22 heavy (non-hydrogen) atoms. The predicted molar refractivity (Wildman–Crippen MR) is 82.2 cm³/mol. The smallest absolute Gasteiger partial charge is 0.410 e. The summed E-state index contributed by atoms with van der Waals surface area (Å²) >= 11 is 0. The molecule has 1 aliphatic carbocycles. The summed E-state index contributed by atoms with van der Waals surface area (Å²) < 4.78 is 11.3. The Hall–Kier alpha value is -1.30. The summed E-state index contributed by atoms with van der Waals surface area (Å²) in [6, 6.07) is 0. The zero-order valence-electron chi connectivity index (χ0n) is 14.1. The summed E-state index contributed by atoms with van der Waals surface area (Å²) in [6.07, 6.45) is 2.31. The fraction of sp³-hybridized carbons (Fsp3) is 0.875. The molecule has 2 fully saturated rings. The fourth-order valence-corrected chi connectivity index (χ4v) is 2.85. The van der Waals surface area contributed by atoms with Crippen molar-refractivity contribution in [1.29, 1.82) is 0 Å². The van der Waals surface area contributed by atoms with E-state index < -0.39 is 5.60 Å². The molecule has 2 aliphatic rings. The zero-order chi connectivity index (χ0) is 16.5. The highest BCUT2D eigenvalue weighted by atomic mass is 16.6. The second kappa shape index (κ2) is 6.07. The number of carbonyl (C=O) groups is 2. The normalized spacial score (nSPS) is 29.3. The van der Waals surface area contributed by atoms with E-state index >= 15 is 0 Å². The Morgan fingerprint density at radius 3 is 2.32 bits per heavy atom. The van der Waals surface area contributed by atoms with Gasteiger partial charge in [-0.2, -0.15) is 0 Å². The van der Waals surface area contributed by atoms with E-state index in [0.29, 0.717) is 19.7 Å². The SMILES string of the molecule is CC(C)(C)OC(=O)N1CCC(OCC2(C)CC2C(N)=O)CC1. The first-order valence-corrected chi connectivity index (χ1v) is 7.99. The van der Waals surface area contributed by atoms with Crippen LogP contribution in [0, 0.1) is 11.3 Å². The highest BCUT2D eigenvalue weighted by Crippen LogP contribution is 2.52. The van der Waals surface area contributed by atoms with Crippen molar-refractivity contribution in [3.63, 3.8) is 0 Å². The topological polar surface area (TPSA) is 81.9 Å². The molecule has 6 nitrogen and oxygen atoms in total. The molecule has 126 valence electrons. The van der Waals surface area contributed by atoms with Crippen LogP contribution in [0.2, 0.25) is 0 Å². The van der Waals surface area contributed by atoms with E-state index in [2.05, 4.69) is 0 Å². The number of nitrogens with zero attached hydrogens (tertiary/aromatic N) is 1. The zero-order valence-corrected chi connectivity index (χ0v) is 14.1. The van der Waals surface area contributed by atoms with Crippen LogP contribution in [0.3, 0.4) is 0 Å². The van der Waals surface area contributed by atoms with Gasteiger partial charge in [0.05, 0.1) is 12.7 Å². The molecule has 0 spiro atoms. The van der Waals surface area contributed by atoms with Crippen molar-refractivity contribution < 1.29 is 19.1 Å². The lowest BCUT2D eigenvalue weighted by molar-refractivity contribution is -0.120. The van der Waals surface area contributed by atoms with Gasteiger partial charge in [-0.15, -0.1) is 0 Å². The molecule has 6 heteroatoms. The number of ether oxygens (including phenoxy) is 2. The van der Waals surface area contributed by atoms with Crippen molar-refractivity contribution >= 4 is 12.0 Å². The monoisotopic (exact) mass is 312 g/mol. The molecule has 0 bridgehead atoms. The summed E-state index contributed by atoms with van der Waals surface area (Å²) in [5.41, 5.74) is 4.78. The third-order valence-electron chi connectivity index (χ3n) is 4.44. The molecular formula is C16H28N2O4. The molecule has 2 rings (SSSR count). The Labute approximate surface area is 132 Å². The third-order valence-corrected chi connectivity index (χ3v) is 4.44.